The van der Waals surface area contributed by atoms with E-state index in [4.69, 9.17) is 0 Å². The minimum Gasteiger partial charge on any atom is -0.505 e. The quantitative estimate of drug-likeness (QED) is 0.352. The lowest BCUT2D eigenvalue weighted by Crippen LogP contribution is -2.31. The number of fused-ring (bicyclic) bond motifs is 1. The SMILES string of the molecule is CCCC(CC)Cn1nc(-c2cccs2)c(O)c(C2=CS(=O)(=O)c3cc(NS(C)(=O)=O)ccc3N2)c1=O. The number of nitrogens with one attached hydrogen (secondary N) is 2. The van der Waals surface area contributed by atoms with Gasteiger partial charge in [0.05, 0.1) is 32.8 Å². The van der Waals surface area contributed by atoms with Crippen molar-refractivity contribution >= 4 is 48.3 Å². The number of nitrogens with zero attached hydrogens (tertiary/aromatic N) is 2. The molecule has 4 rings (SSSR count). The van der Waals surface area contributed by atoms with Crippen LogP contribution < -0.4 is 15.6 Å². The molecule has 0 aliphatic carbocycles. The van der Waals surface area contributed by atoms with Crippen LogP contribution in [0.4, 0.5) is 11.4 Å². The van der Waals surface area contributed by atoms with E-state index in [1.54, 1.807) is 12.1 Å². The molecule has 0 saturated carbocycles. The molecular weight excluding hydrogens is 536 g/mol. The number of sulfone groups is 1. The topological polar surface area (TPSA) is 147 Å². The molecule has 0 saturated heterocycles. The van der Waals surface area contributed by atoms with Crippen molar-refractivity contribution in [2.75, 3.05) is 16.3 Å². The van der Waals surface area contributed by atoms with Crippen molar-refractivity contribution in [2.24, 2.45) is 5.92 Å². The first-order valence-electron chi connectivity index (χ1n) is 11.7. The number of aromatic hydroxyl groups is 1. The van der Waals surface area contributed by atoms with Crippen LogP contribution in [0.25, 0.3) is 16.3 Å². The highest BCUT2D eigenvalue weighted by Gasteiger charge is 2.30. The zero-order valence-corrected chi connectivity index (χ0v) is 23.0. The Kier molecular flexibility index (Phi) is 7.49. The zero-order chi connectivity index (χ0) is 27.0. The number of aromatic nitrogens is 2. The van der Waals surface area contributed by atoms with Gasteiger partial charge in [0.25, 0.3) is 5.56 Å². The van der Waals surface area contributed by atoms with Gasteiger partial charge in [-0.15, -0.1) is 11.3 Å². The Morgan fingerprint density at radius 3 is 2.62 bits per heavy atom. The molecule has 0 fully saturated rings. The van der Waals surface area contributed by atoms with Crippen LogP contribution >= 0.6 is 11.3 Å². The number of hydrogen-bond acceptors (Lipinski definition) is 9. The largest absolute Gasteiger partial charge is 0.505 e. The van der Waals surface area contributed by atoms with Crippen molar-refractivity contribution < 1.29 is 21.9 Å². The molecule has 3 aromatic rings. The minimum absolute atomic E-state index is 0.0825. The molecule has 13 heteroatoms. The van der Waals surface area contributed by atoms with E-state index in [1.807, 2.05) is 12.3 Å². The molecule has 1 aliphatic rings. The summed E-state index contributed by atoms with van der Waals surface area (Å²) in [5.41, 5.74) is -0.476. The van der Waals surface area contributed by atoms with Gasteiger partial charge in [-0.2, -0.15) is 5.10 Å². The lowest BCUT2D eigenvalue weighted by molar-refractivity contribution is 0.365. The van der Waals surface area contributed by atoms with Crippen LogP contribution in [0.15, 0.2) is 50.8 Å². The van der Waals surface area contributed by atoms with Gasteiger partial charge < -0.3 is 10.4 Å². The molecule has 37 heavy (non-hydrogen) atoms. The predicted octanol–water partition coefficient (Wildman–Crippen LogP) is 4.07. The number of benzene rings is 1. The average Bonchev–Trinajstić information content (AvgIpc) is 3.34. The smallest absolute Gasteiger partial charge is 0.279 e. The lowest BCUT2D eigenvalue weighted by Gasteiger charge is -2.22. The summed E-state index contributed by atoms with van der Waals surface area (Å²) in [5, 5.41) is 21.3. The second kappa shape index (κ2) is 10.3. The van der Waals surface area contributed by atoms with Gasteiger partial charge in [-0.25, -0.2) is 21.5 Å². The zero-order valence-electron chi connectivity index (χ0n) is 20.6. The number of hydrogen-bond donors (Lipinski definition) is 3. The standard InChI is InChI=1S/C24H28N4O6S3/c1-4-7-15(5-2)13-28-24(30)21(23(29)22(26-28)19-8-6-11-35-19)18-14-37(33,34)20-12-16(27-36(3,31)32)9-10-17(20)25-18/h6,8-12,14-15,25,27,29H,4-5,7,13H2,1-3H3. The van der Waals surface area contributed by atoms with Crippen LogP contribution in [-0.2, 0) is 26.4 Å². The molecule has 3 N–H and O–H groups in total. The molecule has 0 bridgehead atoms. The molecule has 0 radical (unpaired) electrons. The fourth-order valence-electron chi connectivity index (χ4n) is 4.24. The maximum absolute atomic E-state index is 13.6. The molecule has 198 valence electrons. The Balaban J connectivity index is 1.87. The van der Waals surface area contributed by atoms with E-state index in [-0.39, 0.29) is 39.1 Å². The Labute approximate surface area is 219 Å². The van der Waals surface area contributed by atoms with Gasteiger partial charge in [0, 0.05) is 12.2 Å². The molecule has 1 aromatic carbocycles. The van der Waals surface area contributed by atoms with Crippen LogP contribution in [0.5, 0.6) is 5.75 Å². The molecule has 0 spiro atoms. The molecule has 2 aromatic heterocycles. The number of rotatable bonds is 9. The molecule has 10 nitrogen and oxygen atoms in total. The van der Waals surface area contributed by atoms with E-state index in [2.05, 4.69) is 22.1 Å². The van der Waals surface area contributed by atoms with Crippen molar-refractivity contribution in [3.05, 3.63) is 57.0 Å². The molecule has 3 heterocycles. The summed E-state index contributed by atoms with van der Waals surface area (Å²) in [6.45, 7) is 4.43. The minimum atomic E-state index is -4.10. The van der Waals surface area contributed by atoms with Crippen LogP contribution in [-0.4, -0.2) is 38.0 Å². The van der Waals surface area contributed by atoms with Gasteiger partial charge in [0.1, 0.15) is 11.3 Å². The number of thiophene rings is 1. The number of anilines is 2. The van der Waals surface area contributed by atoms with Gasteiger partial charge >= 0.3 is 0 Å². The average molecular weight is 565 g/mol. The van der Waals surface area contributed by atoms with Gasteiger partial charge in [0.2, 0.25) is 19.9 Å². The Bertz CT molecular complexity index is 1630. The van der Waals surface area contributed by atoms with Crippen LogP contribution in [0.1, 0.15) is 38.7 Å². The van der Waals surface area contributed by atoms with Gasteiger partial charge in [-0.1, -0.05) is 32.8 Å². The van der Waals surface area contributed by atoms with E-state index in [1.165, 1.54) is 34.2 Å². The molecule has 1 aliphatic heterocycles. The van der Waals surface area contributed by atoms with Crippen molar-refractivity contribution in [1.29, 1.82) is 0 Å². The monoisotopic (exact) mass is 564 g/mol. The summed E-state index contributed by atoms with van der Waals surface area (Å²) >= 11 is 1.34. The summed E-state index contributed by atoms with van der Waals surface area (Å²) in [6.07, 6.45) is 3.62. The first-order chi connectivity index (χ1) is 17.4. The van der Waals surface area contributed by atoms with Gasteiger partial charge in [-0.3, -0.25) is 9.52 Å². The predicted molar refractivity (Wildman–Crippen MR) is 146 cm³/mol. The second-order valence-electron chi connectivity index (χ2n) is 8.89. The molecule has 1 unspecified atom stereocenters. The summed E-state index contributed by atoms with van der Waals surface area (Å²) in [6, 6.07) is 7.57. The maximum atomic E-state index is 13.6. The summed E-state index contributed by atoms with van der Waals surface area (Å²) < 4.78 is 53.1. The Hall–Kier alpha value is -3.16. The molecule has 1 atom stereocenters. The van der Waals surface area contributed by atoms with E-state index < -0.39 is 31.2 Å². The van der Waals surface area contributed by atoms with E-state index in [0.29, 0.717) is 11.4 Å². The lowest BCUT2D eigenvalue weighted by atomic mass is 10.0. The van der Waals surface area contributed by atoms with E-state index in [9.17, 15) is 26.7 Å². The Morgan fingerprint density at radius 1 is 1.24 bits per heavy atom. The van der Waals surface area contributed by atoms with Crippen molar-refractivity contribution in [3.8, 4) is 16.3 Å². The van der Waals surface area contributed by atoms with Gasteiger partial charge in [-0.05, 0) is 42.0 Å². The highest BCUT2D eigenvalue weighted by Crippen LogP contribution is 2.39. The van der Waals surface area contributed by atoms with Crippen LogP contribution in [0.3, 0.4) is 0 Å². The van der Waals surface area contributed by atoms with E-state index in [0.717, 1.165) is 30.9 Å². The second-order valence-corrected chi connectivity index (χ2v) is 13.3. The Morgan fingerprint density at radius 2 is 2.00 bits per heavy atom. The normalized spacial score (nSPS) is 15.4. The maximum Gasteiger partial charge on any atom is 0.279 e. The van der Waals surface area contributed by atoms with Crippen LogP contribution in [0, 0.1) is 5.92 Å². The molecule has 0 amide bonds. The third kappa shape index (κ3) is 5.73. The van der Waals surface area contributed by atoms with Crippen molar-refractivity contribution in [3.63, 3.8) is 0 Å². The third-order valence-corrected chi connectivity index (χ3v) is 8.97. The van der Waals surface area contributed by atoms with Crippen LogP contribution in [0.2, 0.25) is 0 Å². The van der Waals surface area contributed by atoms with Crippen molar-refractivity contribution in [1.82, 2.24) is 9.78 Å². The first-order valence-corrected chi connectivity index (χ1v) is 16.0. The summed E-state index contributed by atoms with van der Waals surface area (Å²) in [5.74, 6) is -0.234. The third-order valence-electron chi connectivity index (χ3n) is 5.99. The highest BCUT2D eigenvalue weighted by atomic mass is 32.2. The van der Waals surface area contributed by atoms with Crippen molar-refractivity contribution in [2.45, 2.75) is 44.6 Å². The van der Waals surface area contributed by atoms with E-state index >= 15 is 0 Å². The summed E-state index contributed by atoms with van der Waals surface area (Å²) in [7, 11) is -7.72. The van der Waals surface area contributed by atoms with Gasteiger partial charge in [0.15, 0.2) is 5.75 Å². The fraction of sp³-hybridized carbons (Fsp3) is 0.333. The summed E-state index contributed by atoms with van der Waals surface area (Å²) in [4.78, 5) is 14.1. The first kappa shape index (κ1) is 26.9. The number of sulfonamides is 1. The highest BCUT2D eigenvalue weighted by molar-refractivity contribution is 7.94. The molecular formula is C24H28N4O6S3. The fourth-order valence-corrected chi connectivity index (χ4v) is 6.83.